The monoisotopic (exact) mass is 302 g/mol. The second-order valence-electron chi connectivity index (χ2n) is 4.84. The van der Waals surface area contributed by atoms with Crippen LogP contribution in [0.3, 0.4) is 0 Å². The Labute approximate surface area is 131 Å². The molecule has 0 saturated carbocycles. The Bertz CT molecular complexity index is 507. The Morgan fingerprint density at radius 1 is 0.650 bits per heavy atom. The Morgan fingerprint density at radius 2 is 0.950 bits per heavy atom. The number of carbonyl (C=O) groups excluding carboxylic acids is 1. The predicted molar refractivity (Wildman–Crippen MR) is 90.7 cm³/mol. The van der Waals surface area contributed by atoms with Crippen molar-refractivity contribution in [3.8, 4) is 0 Å². The summed E-state index contributed by atoms with van der Waals surface area (Å²) in [4.78, 5) is 12.1. The number of hydrogen-bond acceptors (Lipinski definition) is 3. The Kier molecular flexibility index (Phi) is 5.74. The SMILES string of the molecule is O=C(Cc1ccc(CS)cc1)Cc1ccc(CS)cc1. The van der Waals surface area contributed by atoms with Crippen LogP contribution in [0.5, 0.6) is 0 Å². The summed E-state index contributed by atoms with van der Waals surface area (Å²) in [6, 6.07) is 16.1. The van der Waals surface area contributed by atoms with Gasteiger partial charge in [-0.3, -0.25) is 4.79 Å². The molecule has 2 aromatic carbocycles. The normalized spacial score (nSPS) is 10.5. The molecule has 0 unspecified atom stereocenters. The van der Waals surface area contributed by atoms with Crippen molar-refractivity contribution in [2.24, 2.45) is 0 Å². The van der Waals surface area contributed by atoms with Crippen molar-refractivity contribution in [2.45, 2.75) is 24.3 Å². The largest absolute Gasteiger partial charge is 0.299 e. The van der Waals surface area contributed by atoms with Gasteiger partial charge in [0.15, 0.2) is 0 Å². The lowest BCUT2D eigenvalue weighted by Gasteiger charge is -2.04. The third-order valence-electron chi connectivity index (χ3n) is 3.21. The van der Waals surface area contributed by atoms with E-state index in [1.165, 1.54) is 11.1 Å². The van der Waals surface area contributed by atoms with E-state index in [-0.39, 0.29) is 5.78 Å². The average Bonchev–Trinajstić information content (AvgIpc) is 2.49. The van der Waals surface area contributed by atoms with Gasteiger partial charge in [-0.2, -0.15) is 25.3 Å². The number of benzene rings is 2. The van der Waals surface area contributed by atoms with Crippen LogP contribution in [-0.4, -0.2) is 5.78 Å². The van der Waals surface area contributed by atoms with Gasteiger partial charge in [-0.05, 0) is 22.3 Å². The summed E-state index contributed by atoms with van der Waals surface area (Å²) >= 11 is 8.45. The van der Waals surface area contributed by atoms with Gasteiger partial charge in [-0.15, -0.1) is 0 Å². The van der Waals surface area contributed by atoms with E-state index in [0.717, 1.165) is 22.6 Å². The molecule has 0 bridgehead atoms. The van der Waals surface area contributed by atoms with Gasteiger partial charge >= 0.3 is 0 Å². The summed E-state index contributed by atoms with van der Waals surface area (Å²) in [6.45, 7) is 0. The fraction of sp³-hybridized carbons (Fsp3) is 0.235. The van der Waals surface area contributed by atoms with Crippen molar-refractivity contribution in [2.75, 3.05) is 0 Å². The molecule has 0 aliphatic heterocycles. The molecule has 0 heterocycles. The molecule has 2 rings (SSSR count). The molecule has 0 saturated heterocycles. The Morgan fingerprint density at radius 3 is 1.25 bits per heavy atom. The molecule has 0 spiro atoms. The molecule has 0 aliphatic rings. The predicted octanol–water partition coefficient (Wildman–Crippen LogP) is 3.90. The van der Waals surface area contributed by atoms with E-state index in [2.05, 4.69) is 25.3 Å². The van der Waals surface area contributed by atoms with E-state index >= 15 is 0 Å². The van der Waals surface area contributed by atoms with Crippen molar-refractivity contribution >= 4 is 31.0 Å². The first-order valence-corrected chi connectivity index (χ1v) is 7.87. The highest BCUT2D eigenvalue weighted by Gasteiger charge is 2.05. The summed E-state index contributed by atoms with van der Waals surface area (Å²) in [5, 5.41) is 0. The van der Waals surface area contributed by atoms with Gasteiger partial charge < -0.3 is 0 Å². The number of ketones is 1. The van der Waals surface area contributed by atoms with Crippen LogP contribution in [-0.2, 0) is 29.1 Å². The molecule has 0 atom stereocenters. The highest BCUT2D eigenvalue weighted by molar-refractivity contribution is 7.79. The zero-order valence-corrected chi connectivity index (χ0v) is 13.0. The quantitative estimate of drug-likeness (QED) is 0.774. The third kappa shape index (κ3) is 4.43. The van der Waals surface area contributed by atoms with E-state index in [9.17, 15) is 4.79 Å². The van der Waals surface area contributed by atoms with E-state index < -0.39 is 0 Å². The van der Waals surface area contributed by atoms with E-state index in [4.69, 9.17) is 0 Å². The van der Waals surface area contributed by atoms with Gasteiger partial charge in [-0.25, -0.2) is 0 Å². The number of Topliss-reactive ketones (excluding diaryl/α,β-unsaturated/α-hetero) is 1. The first kappa shape index (κ1) is 15.2. The summed E-state index contributed by atoms with van der Waals surface area (Å²) in [5.41, 5.74) is 4.47. The molecular formula is C17H18OS2. The molecule has 0 radical (unpaired) electrons. The summed E-state index contributed by atoms with van der Waals surface area (Å²) in [6.07, 6.45) is 0.975. The van der Waals surface area contributed by atoms with Gasteiger partial charge in [0, 0.05) is 24.3 Å². The topological polar surface area (TPSA) is 17.1 Å². The lowest BCUT2D eigenvalue weighted by Crippen LogP contribution is -2.06. The van der Waals surface area contributed by atoms with Crippen LogP contribution >= 0.6 is 25.3 Å². The minimum atomic E-state index is 0.238. The lowest BCUT2D eigenvalue weighted by atomic mass is 10.0. The second-order valence-corrected chi connectivity index (χ2v) is 5.47. The highest BCUT2D eigenvalue weighted by atomic mass is 32.1. The maximum Gasteiger partial charge on any atom is 0.141 e. The Hall–Kier alpha value is -1.19. The van der Waals surface area contributed by atoms with Crippen molar-refractivity contribution in [1.29, 1.82) is 0 Å². The van der Waals surface area contributed by atoms with Gasteiger partial charge in [0.05, 0.1) is 0 Å². The summed E-state index contributed by atoms with van der Waals surface area (Å²) in [5.74, 6) is 1.69. The maximum absolute atomic E-state index is 12.1. The fourth-order valence-corrected chi connectivity index (χ4v) is 2.46. The number of carbonyl (C=O) groups is 1. The molecule has 20 heavy (non-hydrogen) atoms. The van der Waals surface area contributed by atoms with Crippen molar-refractivity contribution < 1.29 is 4.79 Å². The molecule has 0 N–H and O–H groups in total. The summed E-state index contributed by atoms with van der Waals surface area (Å²) < 4.78 is 0. The first-order valence-electron chi connectivity index (χ1n) is 6.60. The van der Waals surface area contributed by atoms with Gasteiger partial charge in [0.25, 0.3) is 0 Å². The van der Waals surface area contributed by atoms with Crippen molar-refractivity contribution in [1.82, 2.24) is 0 Å². The van der Waals surface area contributed by atoms with Crippen LogP contribution in [0.25, 0.3) is 0 Å². The van der Waals surface area contributed by atoms with E-state index in [1.54, 1.807) is 0 Å². The van der Waals surface area contributed by atoms with Crippen LogP contribution in [0, 0.1) is 0 Å². The molecule has 0 aromatic heterocycles. The molecule has 104 valence electrons. The minimum Gasteiger partial charge on any atom is -0.299 e. The maximum atomic E-state index is 12.1. The molecule has 0 aliphatic carbocycles. The van der Waals surface area contributed by atoms with Gasteiger partial charge in [0.2, 0.25) is 0 Å². The van der Waals surface area contributed by atoms with Crippen LogP contribution in [0.2, 0.25) is 0 Å². The second kappa shape index (κ2) is 7.55. The van der Waals surface area contributed by atoms with Gasteiger partial charge in [0.1, 0.15) is 5.78 Å². The number of rotatable bonds is 6. The lowest BCUT2D eigenvalue weighted by molar-refractivity contribution is -0.117. The third-order valence-corrected chi connectivity index (χ3v) is 3.94. The number of thiol groups is 2. The van der Waals surface area contributed by atoms with Crippen LogP contribution in [0.1, 0.15) is 22.3 Å². The average molecular weight is 302 g/mol. The van der Waals surface area contributed by atoms with Crippen molar-refractivity contribution in [3.05, 3.63) is 70.8 Å². The zero-order chi connectivity index (χ0) is 14.4. The number of hydrogen-bond donors (Lipinski definition) is 2. The van der Waals surface area contributed by atoms with E-state index in [0.29, 0.717) is 12.8 Å². The highest BCUT2D eigenvalue weighted by Crippen LogP contribution is 2.11. The molecule has 2 aromatic rings. The standard InChI is InChI=1S/C17H18OS2/c18-17(9-13-1-5-15(11-19)6-2-13)10-14-3-7-16(12-20)8-4-14/h1-8,19-20H,9-12H2. The molecule has 0 amide bonds. The fourth-order valence-electron chi connectivity index (χ4n) is 2.04. The minimum absolute atomic E-state index is 0.238. The summed E-state index contributed by atoms with van der Waals surface area (Å²) in [7, 11) is 0. The van der Waals surface area contributed by atoms with Crippen LogP contribution < -0.4 is 0 Å². The van der Waals surface area contributed by atoms with Crippen LogP contribution in [0.15, 0.2) is 48.5 Å². The molecule has 3 heteroatoms. The molecule has 0 fully saturated rings. The van der Waals surface area contributed by atoms with Crippen molar-refractivity contribution in [3.63, 3.8) is 0 Å². The first-order chi connectivity index (χ1) is 9.71. The molecular weight excluding hydrogens is 284 g/mol. The zero-order valence-electron chi connectivity index (χ0n) is 11.2. The Balaban J connectivity index is 1.93. The molecule has 1 nitrogen and oxygen atoms in total. The van der Waals surface area contributed by atoms with E-state index in [1.807, 2.05) is 48.5 Å². The van der Waals surface area contributed by atoms with Crippen LogP contribution in [0.4, 0.5) is 0 Å². The van der Waals surface area contributed by atoms with Gasteiger partial charge in [-0.1, -0.05) is 48.5 Å². The smallest absolute Gasteiger partial charge is 0.141 e.